The molecule has 0 bridgehead atoms. The van der Waals surface area contributed by atoms with Crippen LogP contribution in [0, 0.1) is 5.82 Å². The van der Waals surface area contributed by atoms with Gasteiger partial charge in [-0.15, -0.1) is 0 Å². The Morgan fingerprint density at radius 2 is 1.86 bits per heavy atom. The second-order valence-electron chi connectivity index (χ2n) is 4.18. The summed E-state index contributed by atoms with van der Waals surface area (Å²) < 4.78 is 18.6. The van der Waals surface area contributed by atoms with Crippen LogP contribution in [0.25, 0.3) is 0 Å². The molecule has 0 unspecified atom stereocenters. The summed E-state index contributed by atoms with van der Waals surface area (Å²) >= 11 is 6.09. The summed E-state index contributed by atoms with van der Waals surface area (Å²) in [6.45, 7) is 0. The number of ether oxygens (including phenoxy) is 1. The van der Waals surface area contributed by atoms with Gasteiger partial charge in [-0.3, -0.25) is 0 Å². The highest BCUT2D eigenvalue weighted by Gasteiger charge is 2.05. The monoisotopic (exact) mass is 321 g/mol. The minimum absolute atomic E-state index is 0.102. The minimum Gasteiger partial charge on any atom is -0.456 e. The fraction of sp³-hybridized carbons (Fsp3) is 0. The van der Waals surface area contributed by atoms with Crippen molar-refractivity contribution < 1.29 is 9.13 Å². The van der Waals surface area contributed by atoms with Crippen LogP contribution in [-0.2, 0) is 0 Å². The number of benzene rings is 2. The summed E-state index contributed by atoms with van der Waals surface area (Å²) in [4.78, 5) is 7.56. The number of rotatable bonds is 3. The van der Waals surface area contributed by atoms with Crippen molar-refractivity contribution in [2.75, 3.05) is 0 Å². The van der Waals surface area contributed by atoms with E-state index in [1.165, 1.54) is 24.3 Å². The molecule has 0 aliphatic carbocycles. The number of nitrogens with zero attached hydrogens (tertiary/aromatic N) is 2. The standard InChI is InChI=1S/C14H13ClFN5O/c15-11-7-9(20-14(19)21-13(17)18)4-5-12(11)22-10-3-1-2-8(16)6-10/h1-7H,(H6,17,18,19,20,21). The fourth-order valence-corrected chi connectivity index (χ4v) is 1.80. The Hall–Kier alpha value is -2.80. The van der Waals surface area contributed by atoms with Gasteiger partial charge in [-0.2, -0.15) is 4.99 Å². The lowest BCUT2D eigenvalue weighted by Gasteiger charge is -2.08. The zero-order chi connectivity index (χ0) is 16.1. The van der Waals surface area contributed by atoms with Crippen molar-refractivity contribution in [1.82, 2.24) is 0 Å². The second kappa shape index (κ2) is 6.77. The Balaban J connectivity index is 2.21. The molecule has 0 aliphatic heterocycles. The SMILES string of the molecule is NC(N)=NC(N)=Nc1ccc(Oc2cccc(F)c2)c(Cl)c1. The van der Waals surface area contributed by atoms with E-state index in [0.29, 0.717) is 17.2 Å². The lowest BCUT2D eigenvalue weighted by molar-refractivity contribution is 0.477. The van der Waals surface area contributed by atoms with Crippen molar-refractivity contribution in [2.24, 2.45) is 27.2 Å². The van der Waals surface area contributed by atoms with Crippen LogP contribution in [0.4, 0.5) is 10.1 Å². The molecule has 0 heterocycles. The lowest BCUT2D eigenvalue weighted by Crippen LogP contribution is -2.26. The van der Waals surface area contributed by atoms with Crippen molar-refractivity contribution in [1.29, 1.82) is 0 Å². The first-order valence-electron chi connectivity index (χ1n) is 6.11. The third kappa shape index (κ3) is 4.35. The van der Waals surface area contributed by atoms with Crippen molar-refractivity contribution in [3.05, 3.63) is 53.3 Å². The number of aliphatic imine (C=N–C) groups is 2. The molecule has 0 amide bonds. The van der Waals surface area contributed by atoms with E-state index >= 15 is 0 Å². The van der Waals surface area contributed by atoms with Gasteiger partial charge in [0.25, 0.3) is 0 Å². The molecule has 22 heavy (non-hydrogen) atoms. The van der Waals surface area contributed by atoms with Gasteiger partial charge in [0.2, 0.25) is 5.96 Å². The van der Waals surface area contributed by atoms with Crippen molar-refractivity contribution in [3.63, 3.8) is 0 Å². The zero-order valence-electron chi connectivity index (χ0n) is 11.3. The smallest absolute Gasteiger partial charge is 0.223 e. The summed E-state index contributed by atoms with van der Waals surface area (Å²) in [5, 5.41) is 0.281. The van der Waals surface area contributed by atoms with Crippen LogP contribution >= 0.6 is 11.6 Å². The Bertz CT molecular complexity index is 744. The Morgan fingerprint density at radius 3 is 2.50 bits per heavy atom. The molecule has 2 aromatic rings. The first-order valence-corrected chi connectivity index (χ1v) is 6.48. The molecule has 0 aliphatic rings. The molecule has 6 nitrogen and oxygen atoms in total. The molecule has 0 saturated heterocycles. The fourth-order valence-electron chi connectivity index (χ4n) is 1.59. The molecule has 8 heteroatoms. The van der Waals surface area contributed by atoms with Gasteiger partial charge in [0.15, 0.2) is 5.96 Å². The van der Waals surface area contributed by atoms with Gasteiger partial charge in [-0.05, 0) is 30.3 Å². The predicted molar refractivity (Wildman–Crippen MR) is 85.0 cm³/mol. The van der Waals surface area contributed by atoms with Crippen LogP contribution in [0.1, 0.15) is 0 Å². The quantitative estimate of drug-likeness (QED) is 0.595. The zero-order valence-corrected chi connectivity index (χ0v) is 12.1. The van der Waals surface area contributed by atoms with Crippen LogP contribution in [0.5, 0.6) is 11.5 Å². The van der Waals surface area contributed by atoms with Gasteiger partial charge in [0.1, 0.15) is 17.3 Å². The Labute approximate surface area is 131 Å². The van der Waals surface area contributed by atoms with E-state index in [-0.39, 0.29) is 16.9 Å². The van der Waals surface area contributed by atoms with E-state index in [0.717, 1.165) is 0 Å². The molecule has 0 atom stereocenters. The average molecular weight is 322 g/mol. The second-order valence-corrected chi connectivity index (χ2v) is 4.59. The van der Waals surface area contributed by atoms with Crippen molar-refractivity contribution in [2.45, 2.75) is 0 Å². The van der Waals surface area contributed by atoms with E-state index in [1.807, 2.05) is 0 Å². The van der Waals surface area contributed by atoms with E-state index < -0.39 is 5.82 Å². The maximum atomic E-state index is 13.1. The average Bonchev–Trinajstić information content (AvgIpc) is 2.41. The lowest BCUT2D eigenvalue weighted by atomic mass is 10.3. The number of halogens is 2. The third-order valence-corrected chi connectivity index (χ3v) is 2.72. The number of nitrogens with two attached hydrogens (primary N) is 3. The normalized spacial score (nSPS) is 11.1. The molecule has 0 saturated carbocycles. The number of hydrogen-bond acceptors (Lipinski definition) is 2. The van der Waals surface area contributed by atoms with Crippen LogP contribution in [-0.4, -0.2) is 11.9 Å². The van der Waals surface area contributed by atoms with E-state index in [9.17, 15) is 4.39 Å². The Morgan fingerprint density at radius 1 is 1.09 bits per heavy atom. The molecule has 0 radical (unpaired) electrons. The third-order valence-electron chi connectivity index (χ3n) is 2.43. The summed E-state index contributed by atoms with van der Waals surface area (Å²) in [6.07, 6.45) is 0. The number of guanidine groups is 2. The number of hydrogen-bond donors (Lipinski definition) is 3. The van der Waals surface area contributed by atoms with Gasteiger partial charge in [0, 0.05) is 6.07 Å². The largest absolute Gasteiger partial charge is 0.456 e. The highest BCUT2D eigenvalue weighted by Crippen LogP contribution is 2.32. The molecule has 2 rings (SSSR count). The molecule has 114 valence electrons. The van der Waals surface area contributed by atoms with Crippen molar-refractivity contribution in [3.8, 4) is 11.5 Å². The molecule has 6 N–H and O–H groups in total. The maximum Gasteiger partial charge on any atom is 0.223 e. The molecule has 0 aromatic heterocycles. The van der Waals surface area contributed by atoms with Crippen molar-refractivity contribution >= 4 is 29.2 Å². The molecular weight excluding hydrogens is 309 g/mol. The van der Waals surface area contributed by atoms with E-state index in [4.69, 9.17) is 33.5 Å². The van der Waals surface area contributed by atoms with Gasteiger partial charge in [-0.1, -0.05) is 17.7 Å². The summed E-state index contributed by atoms with van der Waals surface area (Å²) in [5.41, 5.74) is 16.3. The van der Waals surface area contributed by atoms with Gasteiger partial charge in [-0.25, -0.2) is 9.38 Å². The topological polar surface area (TPSA) is 112 Å². The van der Waals surface area contributed by atoms with Crippen LogP contribution in [0.15, 0.2) is 52.4 Å². The first kappa shape index (κ1) is 15.6. The van der Waals surface area contributed by atoms with Crippen LogP contribution in [0.2, 0.25) is 5.02 Å². The summed E-state index contributed by atoms with van der Waals surface area (Å²) in [6, 6.07) is 10.4. The van der Waals surface area contributed by atoms with Gasteiger partial charge in [0.05, 0.1) is 10.7 Å². The predicted octanol–water partition coefficient (Wildman–Crippen LogP) is 2.49. The van der Waals surface area contributed by atoms with E-state index in [2.05, 4.69) is 9.98 Å². The summed E-state index contributed by atoms with van der Waals surface area (Å²) in [7, 11) is 0. The maximum absolute atomic E-state index is 13.1. The minimum atomic E-state index is -0.403. The molecule has 0 spiro atoms. The highest BCUT2D eigenvalue weighted by atomic mass is 35.5. The molecular formula is C14H13ClFN5O. The highest BCUT2D eigenvalue weighted by molar-refractivity contribution is 6.32. The van der Waals surface area contributed by atoms with Crippen LogP contribution < -0.4 is 21.9 Å². The Kier molecular flexibility index (Phi) is 4.80. The first-order chi connectivity index (χ1) is 10.4. The van der Waals surface area contributed by atoms with Gasteiger partial charge < -0.3 is 21.9 Å². The molecule has 0 fully saturated rings. The van der Waals surface area contributed by atoms with Gasteiger partial charge >= 0.3 is 0 Å². The molecule has 2 aromatic carbocycles. The van der Waals surface area contributed by atoms with Crippen LogP contribution in [0.3, 0.4) is 0 Å². The van der Waals surface area contributed by atoms with E-state index in [1.54, 1.807) is 18.2 Å². The summed E-state index contributed by atoms with van der Waals surface area (Å²) in [5.74, 6) is -0.0158.